The molecule has 1 aliphatic heterocycles. The molecule has 0 amide bonds. The van der Waals surface area contributed by atoms with Gasteiger partial charge in [0.05, 0.1) is 18.3 Å². The second-order valence-corrected chi connectivity index (χ2v) is 9.41. The Morgan fingerprint density at radius 2 is 1.59 bits per heavy atom. The average Bonchev–Trinajstić information content (AvgIpc) is 3.49. The van der Waals surface area contributed by atoms with E-state index in [2.05, 4.69) is 52.4 Å². The normalized spacial score (nSPS) is 15.0. The molecular weight excluding hydrogens is 466 g/mol. The predicted octanol–water partition coefficient (Wildman–Crippen LogP) is 6.46. The highest BCUT2D eigenvalue weighted by Gasteiger charge is 2.37. The summed E-state index contributed by atoms with van der Waals surface area (Å²) in [6.07, 6.45) is 5.27. The Hall–Kier alpha value is -4.34. The molecule has 3 aromatic carbocycles. The largest absolute Gasteiger partial charge is 0.293 e. The van der Waals surface area contributed by atoms with Crippen LogP contribution in [0.4, 0.5) is 8.78 Å². The van der Waals surface area contributed by atoms with Gasteiger partial charge >= 0.3 is 0 Å². The van der Waals surface area contributed by atoms with Crippen molar-refractivity contribution in [2.75, 3.05) is 13.1 Å². The molecule has 0 bridgehead atoms. The first kappa shape index (κ1) is 23.1. The summed E-state index contributed by atoms with van der Waals surface area (Å²) in [5.74, 6) is 0.602. The summed E-state index contributed by atoms with van der Waals surface area (Å²) in [6.45, 7) is 0.680. The third kappa shape index (κ3) is 5.13. The first-order valence-electron chi connectivity index (χ1n) is 12.2. The van der Waals surface area contributed by atoms with E-state index >= 15 is 0 Å². The molecule has 0 radical (unpaired) electrons. The van der Waals surface area contributed by atoms with Crippen LogP contribution in [-0.2, 0) is 6.54 Å². The molecule has 182 valence electrons. The third-order valence-corrected chi connectivity index (χ3v) is 6.65. The van der Waals surface area contributed by atoms with Crippen molar-refractivity contribution in [3.63, 3.8) is 0 Å². The van der Waals surface area contributed by atoms with Crippen LogP contribution in [0.5, 0.6) is 0 Å². The highest BCUT2D eigenvalue weighted by molar-refractivity contribution is 5.85. The van der Waals surface area contributed by atoms with Crippen molar-refractivity contribution < 1.29 is 8.78 Å². The number of rotatable bonds is 4. The minimum Gasteiger partial charge on any atom is -0.293 e. The van der Waals surface area contributed by atoms with Crippen LogP contribution in [0.15, 0.2) is 97.5 Å². The minimum absolute atomic E-state index is 0.0807. The predicted molar refractivity (Wildman–Crippen MR) is 142 cm³/mol. The molecule has 0 aliphatic carbocycles. The summed E-state index contributed by atoms with van der Waals surface area (Å²) < 4.78 is 28.8. The number of hydrogen-bond donors (Lipinski definition) is 0. The van der Waals surface area contributed by atoms with Gasteiger partial charge in [-0.25, -0.2) is 8.78 Å². The first-order chi connectivity index (χ1) is 18.0. The van der Waals surface area contributed by atoms with Gasteiger partial charge < -0.3 is 0 Å². The van der Waals surface area contributed by atoms with Crippen molar-refractivity contribution >= 4 is 10.9 Å². The van der Waals surface area contributed by atoms with E-state index in [1.165, 1.54) is 5.56 Å². The lowest BCUT2D eigenvalue weighted by Crippen LogP contribution is -2.24. The maximum absolute atomic E-state index is 13.5. The molecule has 0 atom stereocenters. The molecule has 1 fully saturated rings. The van der Waals surface area contributed by atoms with Crippen molar-refractivity contribution in [1.82, 2.24) is 19.7 Å². The van der Waals surface area contributed by atoms with Crippen LogP contribution in [-0.4, -0.2) is 38.7 Å². The van der Waals surface area contributed by atoms with Gasteiger partial charge in [0.2, 0.25) is 0 Å². The average molecular weight is 491 g/mol. The molecule has 6 heteroatoms. The Balaban J connectivity index is 1.20. The fourth-order valence-corrected chi connectivity index (χ4v) is 4.73. The standard InChI is InChI=1S/C31H24F2N4/c32-31(33)13-15-36(22-31)21-24-16-28(19-34-18-24)27-10-11-30-29(17-27)20-35-37(30)14-12-23-6-8-26(9-7-23)25-4-2-1-3-5-25/h1-11,16-20H,13,15,21-22H2. The van der Waals surface area contributed by atoms with Crippen molar-refractivity contribution in [1.29, 1.82) is 0 Å². The number of hydrogen-bond acceptors (Lipinski definition) is 3. The minimum atomic E-state index is -2.59. The molecule has 37 heavy (non-hydrogen) atoms. The van der Waals surface area contributed by atoms with Gasteiger partial charge in [0.1, 0.15) is 0 Å². The van der Waals surface area contributed by atoms with Crippen LogP contribution < -0.4 is 0 Å². The van der Waals surface area contributed by atoms with Crippen molar-refractivity contribution in [2.45, 2.75) is 18.9 Å². The fourth-order valence-electron chi connectivity index (χ4n) is 4.73. The van der Waals surface area contributed by atoms with Crippen LogP contribution in [0.1, 0.15) is 17.5 Å². The molecule has 1 saturated heterocycles. The summed E-state index contributed by atoms with van der Waals surface area (Å²) in [6, 6.07) is 29.7. The lowest BCUT2D eigenvalue weighted by Gasteiger charge is -2.15. The van der Waals surface area contributed by atoms with Crippen molar-refractivity contribution in [3.05, 3.63) is 109 Å². The zero-order valence-corrected chi connectivity index (χ0v) is 20.1. The lowest BCUT2D eigenvalue weighted by molar-refractivity contribution is 0.0115. The number of nitrogens with zero attached hydrogens (tertiary/aromatic N) is 4. The monoisotopic (exact) mass is 490 g/mol. The van der Waals surface area contributed by atoms with Gasteiger partial charge in [-0.2, -0.15) is 9.78 Å². The number of pyridine rings is 1. The summed E-state index contributed by atoms with van der Waals surface area (Å²) in [4.78, 5) is 6.14. The molecule has 3 heterocycles. The number of fused-ring (bicyclic) bond motifs is 1. The van der Waals surface area contributed by atoms with E-state index in [9.17, 15) is 8.78 Å². The molecule has 5 aromatic rings. The van der Waals surface area contributed by atoms with E-state index in [-0.39, 0.29) is 13.0 Å². The van der Waals surface area contributed by atoms with Crippen LogP contribution in [0, 0.1) is 12.0 Å². The zero-order valence-electron chi connectivity index (χ0n) is 20.1. The second kappa shape index (κ2) is 9.61. The van der Waals surface area contributed by atoms with E-state index in [0.717, 1.165) is 38.7 Å². The number of halogens is 2. The summed E-state index contributed by atoms with van der Waals surface area (Å²) in [5, 5.41) is 5.43. The Labute approximate surface area is 214 Å². The Kier molecular flexibility index (Phi) is 5.99. The Morgan fingerprint density at radius 3 is 2.38 bits per heavy atom. The zero-order chi connectivity index (χ0) is 25.2. The number of likely N-dealkylation sites (tertiary alicyclic amines) is 1. The maximum atomic E-state index is 13.5. The summed E-state index contributed by atoms with van der Waals surface area (Å²) >= 11 is 0. The second-order valence-electron chi connectivity index (χ2n) is 9.41. The lowest BCUT2D eigenvalue weighted by atomic mass is 10.0. The molecular formula is C31H24F2N4. The number of alkyl halides is 2. The molecule has 2 aromatic heterocycles. The van der Waals surface area contributed by atoms with Crippen molar-refractivity contribution in [3.8, 4) is 34.2 Å². The molecule has 0 unspecified atom stereocenters. The molecule has 0 N–H and O–H groups in total. The first-order valence-corrected chi connectivity index (χ1v) is 12.2. The van der Waals surface area contributed by atoms with Crippen LogP contribution in [0.25, 0.3) is 33.2 Å². The molecule has 6 rings (SSSR count). The molecule has 0 saturated carbocycles. The highest BCUT2D eigenvalue weighted by atomic mass is 19.3. The van der Waals surface area contributed by atoms with Gasteiger partial charge in [-0.3, -0.25) is 9.88 Å². The number of aromatic nitrogens is 3. The van der Waals surface area contributed by atoms with E-state index in [0.29, 0.717) is 13.1 Å². The van der Waals surface area contributed by atoms with Crippen molar-refractivity contribution in [2.24, 2.45) is 0 Å². The Morgan fingerprint density at radius 1 is 0.811 bits per heavy atom. The topological polar surface area (TPSA) is 34.0 Å². The van der Waals surface area contributed by atoms with E-state index < -0.39 is 5.92 Å². The SMILES string of the molecule is FC1(F)CCN(Cc2cncc(-c3ccc4c(cnn4C#Cc4ccc(-c5ccccc5)cc4)c3)c2)C1. The van der Waals surface area contributed by atoms with E-state index in [1.54, 1.807) is 28.2 Å². The van der Waals surface area contributed by atoms with Gasteiger partial charge in [0, 0.05) is 54.5 Å². The smallest absolute Gasteiger partial charge is 0.261 e. The van der Waals surface area contributed by atoms with Gasteiger partial charge in [-0.15, -0.1) is 0 Å². The molecule has 1 aliphatic rings. The van der Waals surface area contributed by atoms with Crippen LogP contribution in [0.2, 0.25) is 0 Å². The fraction of sp³-hybridized carbons (Fsp3) is 0.161. The third-order valence-electron chi connectivity index (χ3n) is 6.65. The highest BCUT2D eigenvalue weighted by Crippen LogP contribution is 2.29. The maximum Gasteiger partial charge on any atom is 0.261 e. The van der Waals surface area contributed by atoms with E-state index in [1.807, 2.05) is 48.5 Å². The van der Waals surface area contributed by atoms with Gasteiger partial charge in [0.15, 0.2) is 0 Å². The van der Waals surface area contributed by atoms with Gasteiger partial charge in [0.25, 0.3) is 5.92 Å². The molecule has 4 nitrogen and oxygen atoms in total. The summed E-state index contributed by atoms with van der Waals surface area (Å²) in [7, 11) is 0. The quantitative estimate of drug-likeness (QED) is 0.271. The van der Waals surface area contributed by atoms with Crippen LogP contribution in [0.3, 0.4) is 0 Å². The van der Waals surface area contributed by atoms with Gasteiger partial charge in [-0.05, 0) is 58.5 Å². The van der Waals surface area contributed by atoms with Gasteiger partial charge in [-0.1, -0.05) is 48.5 Å². The van der Waals surface area contributed by atoms with E-state index in [4.69, 9.17) is 0 Å². The summed E-state index contributed by atoms with van der Waals surface area (Å²) in [5.41, 5.74) is 7.03. The number of benzene rings is 3. The van der Waals surface area contributed by atoms with Crippen LogP contribution >= 0.6 is 0 Å². The Bertz CT molecular complexity index is 1610. The molecule has 0 spiro atoms.